The van der Waals surface area contributed by atoms with Gasteiger partial charge in [0.15, 0.2) is 0 Å². The first-order valence-corrected chi connectivity index (χ1v) is 9.94. The third kappa shape index (κ3) is 3.11. The fourth-order valence-electron chi connectivity index (χ4n) is 4.69. The minimum Gasteiger partial charge on any atom is -0.357 e. The number of anilines is 1. The zero-order valence-corrected chi connectivity index (χ0v) is 16.1. The molecule has 1 unspecified atom stereocenters. The van der Waals surface area contributed by atoms with Gasteiger partial charge in [-0.15, -0.1) is 0 Å². The van der Waals surface area contributed by atoms with Gasteiger partial charge in [0.1, 0.15) is 0 Å². The third-order valence-electron chi connectivity index (χ3n) is 6.13. The Labute approximate surface area is 171 Å². The average Bonchev–Trinajstić information content (AvgIpc) is 3.31. The van der Waals surface area contributed by atoms with Crippen molar-refractivity contribution in [2.24, 2.45) is 0 Å². The van der Waals surface area contributed by atoms with E-state index in [0.717, 1.165) is 42.7 Å². The van der Waals surface area contributed by atoms with E-state index < -0.39 is 17.8 Å². The molecular weight excluding hydrogens is 393 g/mol. The van der Waals surface area contributed by atoms with Crippen LogP contribution in [0, 0.1) is 0 Å². The van der Waals surface area contributed by atoms with Crippen molar-refractivity contribution in [2.45, 2.75) is 24.6 Å². The Morgan fingerprint density at radius 1 is 1.13 bits per heavy atom. The second kappa shape index (κ2) is 6.77. The van der Waals surface area contributed by atoms with E-state index in [1.165, 1.54) is 23.1 Å². The van der Waals surface area contributed by atoms with Gasteiger partial charge >= 0.3 is 12.2 Å². The molecule has 8 heteroatoms. The van der Waals surface area contributed by atoms with Gasteiger partial charge in [0, 0.05) is 41.9 Å². The van der Waals surface area contributed by atoms with Crippen molar-refractivity contribution in [1.29, 1.82) is 0 Å². The summed E-state index contributed by atoms with van der Waals surface area (Å²) in [6.07, 6.45) is -2.79. The second-order valence-electron chi connectivity index (χ2n) is 7.96. The van der Waals surface area contributed by atoms with Crippen LogP contribution in [0.25, 0.3) is 10.9 Å². The average molecular weight is 414 g/mol. The van der Waals surface area contributed by atoms with Crippen LogP contribution in [-0.2, 0) is 18.1 Å². The van der Waals surface area contributed by atoms with E-state index in [4.69, 9.17) is 0 Å². The summed E-state index contributed by atoms with van der Waals surface area (Å²) >= 11 is 0. The molecule has 1 fully saturated rings. The fraction of sp³-hybridized carbons (Fsp3) is 0.318. The Morgan fingerprint density at radius 3 is 2.80 bits per heavy atom. The summed E-state index contributed by atoms with van der Waals surface area (Å²) in [5.41, 5.74) is 2.47. The quantitative estimate of drug-likeness (QED) is 0.551. The normalized spacial score (nSPS) is 21.2. The number of carbonyl (C=O) groups excluding carboxylic acids is 1. The first-order chi connectivity index (χ1) is 14.4. The highest BCUT2D eigenvalue weighted by Gasteiger charge is 2.45. The van der Waals surface area contributed by atoms with Crippen molar-refractivity contribution in [3.8, 4) is 0 Å². The largest absolute Gasteiger partial charge is 0.416 e. The molecule has 0 saturated carbocycles. The van der Waals surface area contributed by atoms with Gasteiger partial charge in [-0.2, -0.15) is 13.2 Å². The Morgan fingerprint density at radius 2 is 1.97 bits per heavy atom. The molecule has 3 N–H and O–H groups in total. The van der Waals surface area contributed by atoms with Crippen LogP contribution in [0.15, 0.2) is 48.5 Å². The molecule has 3 aromatic rings. The number of nitrogens with one attached hydrogen (secondary N) is 3. The monoisotopic (exact) mass is 414 g/mol. The van der Waals surface area contributed by atoms with E-state index in [9.17, 15) is 18.0 Å². The number of aromatic nitrogens is 1. The second-order valence-corrected chi connectivity index (χ2v) is 7.96. The van der Waals surface area contributed by atoms with Gasteiger partial charge in [-0.05, 0) is 42.7 Å². The minimum absolute atomic E-state index is 0.138. The van der Waals surface area contributed by atoms with Gasteiger partial charge in [-0.1, -0.05) is 24.3 Å². The number of hydrogen-bond donors (Lipinski definition) is 3. The summed E-state index contributed by atoms with van der Waals surface area (Å²) < 4.78 is 38.8. The topological polar surface area (TPSA) is 60.2 Å². The van der Waals surface area contributed by atoms with Crippen LogP contribution < -0.4 is 10.6 Å². The Bertz CT molecular complexity index is 1120. The van der Waals surface area contributed by atoms with Crippen molar-refractivity contribution >= 4 is 22.6 Å². The van der Waals surface area contributed by atoms with Gasteiger partial charge in [0.05, 0.1) is 11.1 Å². The smallest absolute Gasteiger partial charge is 0.357 e. The highest BCUT2D eigenvalue weighted by atomic mass is 19.4. The summed E-state index contributed by atoms with van der Waals surface area (Å²) in [6.45, 7) is 1.79. The molecule has 3 heterocycles. The van der Waals surface area contributed by atoms with Crippen molar-refractivity contribution in [1.82, 2.24) is 15.2 Å². The van der Waals surface area contributed by atoms with Crippen LogP contribution in [0.2, 0.25) is 0 Å². The number of amides is 2. The zero-order chi connectivity index (χ0) is 20.9. The van der Waals surface area contributed by atoms with Crippen LogP contribution in [0.3, 0.4) is 0 Å². The summed E-state index contributed by atoms with van der Waals surface area (Å²) in [6, 6.07) is 12.5. The number of urea groups is 1. The molecule has 5 rings (SSSR count). The molecule has 2 amide bonds. The molecule has 1 atom stereocenters. The molecule has 2 aliphatic rings. The van der Waals surface area contributed by atoms with Gasteiger partial charge in [0.25, 0.3) is 0 Å². The van der Waals surface area contributed by atoms with Crippen molar-refractivity contribution in [3.63, 3.8) is 0 Å². The Kier molecular flexibility index (Phi) is 4.28. The Hall–Kier alpha value is -3.00. The lowest BCUT2D eigenvalue weighted by Gasteiger charge is -2.35. The summed E-state index contributed by atoms with van der Waals surface area (Å²) in [5.74, 6) is 0. The summed E-state index contributed by atoms with van der Waals surface area (Å²) in [7, 11) is 0. The van der Waals surface area contributed by atoms with Crippen molar-refractivity contribution in [2.75, 3.05) is 25.0 Å². The molecule has 156 valence electrons. The lowest BCUT2D eigenvalue weighted by molar-refractivity contribution is -0.137. The maximum Gasteiger partial charge on any atom is 0.416 e. The van der Waals surface area contributed by atoms with E-state index in [-0.39, 0.29) is 11.2 Å². The number of nitrogens with zero attached hydrogens (tertiary/aromatic N) is 1. The van der Waals surface area contributed by atoms with Crippen LogP contribution in [0.4, 0.5) is 23.7 Å². The predicted molar refractivity (Wildman–Crippen MR) is 108 cm³/mol. The molecule has 30 heavy (non-hydrogen) atoms. The molecule has 1 spiro atoms. The first kappa shape index (κ1) is 19.0. The first-order valence-electron chi connectivity index (χ1n) is 9.94. The van der Waals surface area contributed by atoms with E-state index in [1.807, 2.05) is 12.1 Å². The van der Waals surface area contributed by atoms with Crippen molar-refractivity contribution < 1.29 is 18.0 Å². The molecule has 1 saturated heterocycles. The number of alkyl halides is 3. The van der Waals surface area contributed by atoms with Gasteiger partial charge in [-0.25, -0.2) is 4.79 Å². The molecule has 5 nitrogen and oxygen atoms in total. The number of benzene rings is 2. The van der Waals surface area contributed by atoms with Crippen molar-refractivity contribution in [3.05, 3.63) is 65.4 Å². The minimum atomic E-state index is -4.45. The maximum atomic E-state index is 12.9. The number of aromatic amines is 1. The van der Waals surface area contributed by atoms with Gasteiger partial charge < -0.3 is 20.5 Å². The molecule has 2 aromatic carbocycles. The molecule has 1 aromatic heterocycles. The number of H-pyrrole nitrogens is 1. The number of carbonyl (C=O) groups is 1. The highest BCUT2D eigenvalue weighted by Crippen LogP contribution is 2.39. The van der Waals surface area contributed by atoms with E-state index >= 15 is 0 Å². The number of fused-ring (bicyclic) bond motifs is 4. The SMILES string of the molecule is O=C(Nc1cccc(C(F)(F)F)c1)N1CCC2(C1)NCCc1c2[nH]c2ccccc12. The molecular formula is C22H21F3N4O. The van der Waals surface area contributed by atoms with E-state index in [1.54, 1.807) is 4.90 Å². The summed E-state index contributed by atoms with van der Waals surface area (Å²) in [5, 5.41) is 7.41. The number of hydrogen-bond acceptors (Lipinski definition) is 2. The number of para-hydroxylation sites is 1. The highest BCUT2D eigenvalue weighted by molar-refractivity contribution is 5.90. The number of halogens is 3. The molecule has 0 aliphatic carbocycles. The van der Waals surface area contributed by atoms with Gasteiger partial charge in [0.2, 0.25) is 0 Å². The van der Waals surface area contributed by atoms with Crippen LogP contribution in [0.1, 0.15) is 23.2 Å². The molecule has 0 bridgehead atoms. The fourth-order valence-corrected chi connectivity index (χ4v) is 4.69. The number of rotatable bonds is 1. The van der Waals surface area contributed by atoms with E-state index in [0.29, 0.717) is 13.1 Å². The standard InChI is InChI=1S/C22H21F3N4O/c23-22(24,25)14-4-3-5-15(12-14)27-20(30)29-11-9-21(13-29)19-17(8-10-26-21)16-6-1-2-7-18(16)28-19/h1-7,12,26,28H,8-11,13H2,(H,27,30). The Balaban J connectivity index is 1.37. The summed E-state index contributed by atoms with van der Waals surface area (Å²) in [4.78, 5) is 18.0. The van der Waals surface area contributed by atoms with Crippen LogP contribution >= 0.6 is 0 Å². The lowest BCUT2D eigenvalue weighted by Crippen LogP contribution is -2.50. The third-order valence-corrected chi connectivity index (χ3v) is 6.13. The molecule has 0 radical (unpaired) electrons. The maximum absolute atomic E-state index is 12.9. The molecule has 2 aliphatic heterocycles. The number of likely N-dealkylation sites (tertiary alicyclic amines) is 1. The van der Waals surface area contributed by atoms with Crippen LogP contribution in [0.5, 0.6) is 0 Å². The van der Waals surface area contributed by atoms with E-state index in [2.05, 4.69) is 27.8 Å². The lowest BCUT2D eigenvalue weighted by atomic mass is 9.86. The predicted octanol–water partition coefficient (Wildman–Crippen LogP) is 4.47. The van der Waals surface area contributed by atoms with Crippen LogP contribution in [-0.4, -0.2) is 35.5 Å². The zero-order valence-electron chi connectivity index (χ0n) is 16.1. The van der Waals surface area contributed by atoms with Gasteiger partial charge in [-0.3, -0.25) is 0 Å².